The van der Waals surface area contributed by atoms with Crippen LogP contribution in [0.25, 0.3) is 198 Å². The van der Waals surface area contributed by atoms with Crippen LogP contribution in [-0.4, -0.2) is 54.1 Å². The molecule has 150 heavy (non-hydrogen) atoms. The largest absolute Gasteiger partial charge is 0.305 e. The van der Waals surface area contributed by atoms with Crippen LogP contribution in [0.3, 0.4) is 0 Å². The van der Waals surface area contributed by atoms with Gasteiger partial charge in [-0.25, -0.2) is 0 Å². The first-order valence-electron chi connectivity index (χ1n) is 51.0. The van der Waals surface area contributed by atoms with Gasteiger partial charge in [-0.2, -0.15) is 0 Å². The molecule has 0 N–H and O–H groups in total. The average molecular weight is 2520 g/mol. The summed E-state index contributed by atoms with van der Waals surface area (Å²) in [4.78, 5) is 27.8. The first-order chi connectivity index (χ1) is 71.2. The maximum absolute atomic E-state index is 4.86. The monoisotopic (exact) mass is 2520 g/mol. The van der Waals surface area contributed by atoms with Crippen molar-refractivity contribution in [3.8, 4) is 101 Å². The molecular formula is C138H120Ir3N6Si3-6. The number of nitrogens with zero attached hydrogens (tertiary/aromatic N) is 6. The van der Waals surface area contributed by atoms with Crippen LogP contribution >= 0.6 is 0 Å². The third-order valence-corrected chi connectivity index (χ3v) is 33.6. The molecule has 6 nitrogen and oxygen atoms in total. The Hall–Kier alpha value is -14.2. The Kier molecular flexibility index (Phi) is 34.9. The number of benzene rings is 18. The molecule has 0 spiro atoms. The molecule has 0 saturated carbocycles. The summed E-state index contributed by atoms with van der Waals surface area (Å²) in [6.45, 7) is 36.3. The number of fused-ring (bicyclic) bond motifs is 18. The SMILES string of the molecule is CC(C)c1ccccc1-c1ccc2c3cc(-c4ccc([Si](C)(C)C)cn4)[c-]cc3c3ccccc3c2c1.CC(C)c1ccccc1-c1ccc2c3ccccc3c3c[c-]c(-c4ccc([Si](C)(C)C)cn4)cc3c2c1.C[Si](C)(C)c1ccc(-c2[c-]cc3c4ccccc4c4cc(-c5ccccc5)ccc4c3c2)nc1.Cc1cccc(-c2[c-]cccc2)n1.Cc1cccc(-c2[c-]cccc2)n1.Cc1cccc(-c2[c-]cccc2)n1.[Ir].[Ir].[Ir]. The molecular weight excluding hydrogens is 2400 g/mol. The van der Waals surface area contributed by atoms with E-state index in [4.69, 9.17) is 15.0 Å². The van der Waals surface area contributed by atoms with Gasteiger partial charge in [0, 0.05) is 96.0 Å². The van der Waals surface area contributed by atoms with Crippen molar-refractivity contribution in [2.75, 3.05) is 0 Å². The smallest absolute Gasteiger partial charge is 0.0795 e. The number of hydrogen-bond acceptors (Lipinski definition) is 6. The van der Waals surface area contributed by atoms with E-state index in [9.17, 15) is 0 Å². The molecule has 24 rings (SSSR count). The Morgan fingerprint density at radius 2 is 0.467 bits per heavy atom. The molecule has 0 aliphatic rings. The molecule has 3 radical (unpaired) electrons. The maximum Gasteiger partial charge on any atom is 0.0795 e. The van der Waals surface area contributed by atoms with Gasteiger partial charge >= 0.3 is 0 Å². The summed E-state index contributed by atoms with van der Waals surface area (Å²) >= 11 is 0. The normalized spacial score (nSPS) is 11.3. The molecule has 0 unspecified atom stereocenters. The third kappa shape index (κ3) is 24.7. The van der Waals surface area contributed by atoms with Crippen molar-refractivity contribution in [3.05, 3.63) is 490 Å². The van der Waals surface area contributed by atoms with Crippen molar-refractivity contribution in [3.63, 3.8) is 0 Å². The zero-order valence-corrected chi connectivity index (χ0v) is 97.9. The van der Waals surface area contributed by atoms with Gasteiger partial charge < -0.3 is 29.9 Å². The number of pyridine rings is 6. The van der Waals surface area contributed by atoms with E-state index in [0.29, 0.717) is 11.8 Å². The molecule has 6 aromatic heterocycles. The molecule has 0 amide bonds. The predicted molar refractivity (Wildman–Crippen MR) is 636 cm³/mol. The average Bonchev–Trinajstić information content (AvgIpc) is 0.743. The van der Waals surface area contributed by atoms with Crippen molar-refractivity contribution in [1.29, 1.82) is 0 Å². The minimum atomic E-state index is -1.39. The van der Waals surface area contributed by atoms with E-state index in [1.54, 1.807) is 0 Å². The van der Waals surface area contributed by atoms with E-state index in [2.05, 4.69) is 436 Å². The number of aryl methyl sites for hydroxylation is 3. The van der Waals surface area contributed by atoms with E-state index >= 15 is 0 Å². The minimum Gasteiger partial charge on any atom is -0.305 e. The van der Waals surface area contributed by atoms with Gasteiger partial charge in [-0.15, -0.1) is 179 Å². The van der Waals surface area contributed by atoms with Crippen LogP contribution in [0.4, 0.5) is 0 Å². The van der Waals surface area contributed by atoms with Crippen LogP contribution in [0, 0.1) is 57.2 Å². The van der Waals surface area contributed by atoms with Crippen molar-refractivity contribution in [2.24, 2.45) is 0 Å². The topological polar surface area (TPSA) is 77.3 Å². The van der Waals surface area contributed by atoms with Gasteiger partial charge in [0.25, 0.3) is 0 Å². The van der Waals surface area contributed by atoms with Gasteiger partial charge in [0.1, 0.15) is 0 Å². The molecule has 24 aromatic rings. The van der Waals surface area contributed by atoms with Crippen LogP contribution < -0.4 is 15.6 Å². The molecule has 6 heterocycles. The quantitative estimate of drug-likeness (QED) is 0.0613. The van der Waals surface area contributed by atoms with E-state index in [0.717, 1.165) is 84.6 Å². The Labute approximate surface area is 928 Å². The van der Waals surface area contributed by atoms with Gasteiger partial charge in [0.15, 0.2) is 0 Å². The minimum absolute atomic E-state index is 0. The van der Waals surface area contributed by atoms with Crippen molar-refractivity contribution in [2.45, 2.75) is 119 Å². The molecule has 18 aromatic carbocycles. The van der Waals surface area contributed by atoms with Gasteiger partial charge in [-0.1, -0.05) is 396 Å². The van der Waals surface area contributed by atoms with Gasteiger partial charge in [0.2, 0.25) is 0 Å². The first-order valence-corrected chi connectivity index (χ1v) is 61.5. The molecule has 0 fully saturated rings. The van der Waals surface area contributed by atoms with Crippen molar-refractivity contribution in [1.82, 2.24) is 29.9 Å². The second-order valence-electron chi connectivity index (χ2n) is 41.7. The Morgan fingerprint density at radius 3 is 0.773 bits per heavy atom. The summed E-state index contributed by atoms with van der Waals surface area (Å²) in [7, 11) is -4.15. The second kappa shape index (κ2) is 48.2. The summed E-state index contributed by atoms with van der Waals surface area (Å²) in [6, 6.07) is 163. The fourth-order valence-corrected chi connectivity index (χ4v) is 22.6. The van der Waals surface area contributed by atoms with Crippen molar-refractivity contribution < 1.29 is 60.3 Å². The number of aromatic nitrogens is 6. The maximum atomic E-state index is 4.86. The van der Waals surface area contributed by atoms with Crippen LogP contribution in [0.5, 0.6) is 0 Å². The summed E-state index contributed by atoms with van der Waals surface area (Å²) in [6.07, 6.45) is 6.19. The first kappa shape index (κ1) is 109. The number of hydrogen-bond donors (Lipinski definition) is 0. The summed E-state index contributed by atoms with van der Waals surface area (Å²) in [5.74, 6) is 0.935. The Balaban J connectivity index is 0.000000135. The molecule has 12 heteroatoms. The van der Waals surface area contributed by atoms with Crippen molar-refractivity contribution >= 4 is 137 Å². The van der Waals surface area contributed by atoms with Crippen LogP contribution in [0.1, 0.15) is 67.7 Å². The second-order valence-corrected chi connectivity index (χ2v) is 56.9. The van der Waals surface area contributed by atoms with E-state index in [1.807, 2.05) is 148 Å². The molecule has 0 atom stereocenters. The van der Waals surface area contributed by atoms with Gasteiger partial charge in [-0.3, -0.25) is 0 Å². The summed E-state index contributed by atoms with van der Waals surface area (Å²) in [5.41, 5.74) is 25.7. The van der Waals surface area contributed by atoms with Crippen LogP contribution in [0.2, 0.25) is 58.9 Å². The fraction of sp³-hybridized carbons (Fsp3) is 0.130. The third-order valence-electron chi connectivity index (χ3n) is 27.5. The summed E-state index contributed by atoms with van der Waals surface area (Å²) < 4.78 is 0. The van der Waals surface area contributed by atoms with Gasteiger partial charge in [-0.05, 0) is 212 Å². The molecule has 747 valence electrons. The van der Waals surface area contributed by atoms with E-state index < -0.39 is 24.2 Å². The summed E-state index contributed by atoms with van der Waals surface area (Å²) in [5, 5.41) is 26.9. The van der Waals surface area contributed by atoms with Crippen LogP contribution in [0.15, 0.2) is 425 Å². The number of rotatable bonds is 14. The van der Waals surface area contributed by atoms with Crippen LogP contribution in [-0.2, 0) is 60.3 Å². The zero-order chi connectivity index (χ0) is 102. The van der Waals surface area contributed by atoms with E-state index in [-0.39, 0.29) is 60.3 Å². The Morgan fingerprint density at radius 1 is 0.200 bits per heavy atom. The standard InChI is InChI=1S/2C35H32NSi.C32H26NSi.3C12H10N.3Ir/c1-23(2)27-10-6-7-11-28(27)24-14-17-32-33(20-24)30-13-9-8-12-29(30)31-18-15-25(21-34(31)32)35-19-16-26(22-36-35)37(3,4)5;1-23(2)27-10-6-7-11-28(27)24-14-17-31-29-12-8-9-13-30(29)32-18-15-25(21-34(32)33(31)20-24)35-19-16-26(22-36-35)37(3,4)5;1-34(2,3)25-15-18-32(33-21-25)24-14-17-28-26-11-7-8-12-27(26)30-19-23(22-9-5-4-6-10-22)13-16-29(30)31(28)20-24;3*1-10-6-5-9-12(13-10)11-7-3-2-4-8-11;;;/h2*6-14,16-23H,1-5H3;4-13,15-21H,1-3H3;3*2-7,9H,1H3;;;/q6*-1;;;. The van der Waals surface area contributed by atoms with Gasteiger partial charge in [0.05, 0.1) is 24.2 Å². The predicted octanol–water partition coefficient (Wildman–Crippen LogP) is 35.5. The molecule has 0 aliphatic carbocycles. The molecule has 0 bridgehead atoms. The van der Waals surface area contributed by atoms with E-state index in [1.165, 1.54) is 157 Å². The Bertz CT molecular complexity index is 8670. The fourth-order valence-electron chi connectivity index (χ4n) is 19.5. The zero-order valence-electron chi connectivity index (χ0n) is 87.8. The molecule has 0 saturated heterocycles. The molecule has 0 aliphatic heterocycles.